The van der Waals surface area contributed by atoms with Crippen LogP contribution in [-0.4, -0.2) is 52.1 Å². The highest BCUT2D eigenvalue weighted by molar-refractivity contribution is 8.06. The van der Waals surface area contributed by atoms with Gasteiger partial charge in [0.15, 0.2) is 14.9 Å². The van der Waals surface area contributed by atoms with Crippen LogP contribution in [0.25, 0.3) is 0 Å². The topological polar surface area (TPSA) is 97.5 Å². The first-order chi connectivity index (χ1) is 6.74. The molecule has 0 aromatic rings. The molecule has 2 N–H and O–H groups in total. The molecule has 6 nitrogen and oxygen atoms in total. The van der Waals surface area contributed by atoms with Crippen LogP contribution in [0, 0.1) is 5.92 Å². The number of sulfone groups is 1. The fourth-order valence-electron chi connectivity index (χ4n) is 1.59. The van der Waals surface area contributed by atoms with Crippen LogP contribution in [0.4, 0.5) is 0 Å². The maximum absolute atomic E-state index is 11.6. The van der Waals surface area contributed by atoms with E-state index in [-0.39, 0.29) is 5.92 Å². The van der Waals surface area contributed by atoms with Gasteiger partial charge in [-0.25, -0.2) is 21.1 Å². The van der Waals surface area contributed by atoms with Gasteiger partial charge in [-0.05, 0) is 18.9 Å². The smallest absolute Gasteiger partial charge is 0.228 e. The van der Waals surface area contributed by atoms with Crippen LogP contribution < -0.4 is 5.73 Å². The molecule has 0 amide bonds. The van der Waals surface area contributed by atoms with Crippen molar-refractivity contribution in [2.24, 2.45) is 11.7 Å². The van der Waals surface area contributed by atoms with E-state index in [1.54, 1.807) is 0 Å². The molecule has 1 aliphatic heterocycles. The summed E-state index contributed by atoms with van der Waals surface area (Å²) < 4.78 is 46.3. The molecule has 0 aliphatic carbocycles. The Labute approximate surface area is 90.4 Å². The van der Waals surface area contributed by atoms with Crippen LogP contribution in [0.15, 0.2) is 0 Å². The lowest BCUT2D eigenvalue weighted by Crippen LogP contribution is -2.34. The Bertz CT molecular complexity index is 414. The molecule has 1 fully saturated rings. The summed E-state index contributed by atoms with van der Waals surface area (Å²) in [4.78, 5) is 0. The lowest BCUT2D eigenvalue weighted by molar-refractivity contribution is 0.462. The predicted octanol–water partition coefficient (Wildman–Crippen LogP) is -1.40. The van der Waals surface area contributed by atoms with Crippen molar-refractivity contribution in [2.75, 3.05) is 31.0 Å². The van der Waals surface area contributed by atoms with E-state index in [0.29, 0.717) is 26.1 Å². The van der Waals surface area contributed by atoms with E-state index in [4.69, 9.17) is 5.73 Å². The van der Waals surface area contributed by atoms with Crippen molar-refractivity contribution in [3.63, 3.8) is 0 Å². The summed E-state index contributed by atoms with van der Waals surface area (Å²) in [5, 5.41) is -0.808. The van der Waals surface area contributed by atoms with E-state index in [2.05, 4.69) is 0 Å². The van der Waals surface area contributed by atoms with Gasteiger partial charge in [-0.15, -0.1) is 0 Å². The van der Waals surface area contributed by atoms with Crippen molar-refractivity contribution < 1.29 is 16.8 Å². The van der Waals surface area contributed by atoms with Crippen LogP contribution >= 0.6 is 0 Å². The van der Waals surface area contributed by atoms with Crippen LogP contribution in [-0.2, 0) is 19.9 Å². The van der Waals surface area contributed by atoms with Gasteiger partial charge in [-0.3, -0.25) is 0 Å². The van der Waals surface area contributed by atoms with Gasteiger partial charge in [0, 0.05) is 19.3 Å². The molecule has 0 saturated carbocycles. The summed E-state index contributed by atoms with van der Waals surface area (Å²) in [5.74, 6) is 0.152. The minimum atomic E-state index is -3.67. The van der Waals surface area contributed by atoms with E-state index < -0.39 is 24.9 Å². The maximum atomic E-state index is 11.6. The summed E-state index contributed by atoms with van der Waals surface area (Å²) in [6, 6.07) is 0. The molecule has 1 atom stereocenters. The molecule has 90 valence electrons. The van der Waals surface area contributed by atoms with Gasteiger partial charge in [0.1, 0.15) is 0 Å². The van der Waals surface area contributed by atoms with Crippen molar-refractivity contribution in [1.29, 1.82) is 0 Å². The fraction of sp³-hybridized carbons (Fsp3) is 1.00. The first kappa shape index (κ1) is 12.9. The quantitative estimate of drug-likeness (QED) is 0.667. The first-order valence-corrected chi connectivity index (χ1v) is 8.27. The number of hydrogen-bond acceptors (Lipinski definition) is 5. The molecule has 0 aromatic carbocycles. The Balaban J connectivity index is 2.73. The van der Waals surface area contributed by atoms with Crippen molar-refractivity contribution in [3.05, 3.63) is 0 Å². The van der Waals surface area contributed by atoms with E-state index >= 15 is 0 Å². The highest BCUT2D eigenvalue weighted by Crippen LogP contribution is 2.19. The fourth-order valence-corrected chi connectivity index (χ4v) is 5.17. The van der Waals surface area contributed by atoms with Gasteiger partial charge in [0.2, 0.25) is 10.0 Å². The molecule has 0 spiro atoms. The van der Waals surface area contributed by atoms with Crippen LogP contribution in [0.1, 0.15) is 6.42 Å². The van der Waals surface area contributed by atoms with E-state index in [9.17, 15) is 16.8 Å². The Morgan fingerprint density at radius 2 is 1.93 bits per heavy atom. The summed E-state index contributed by atoms with van der Waals surface area (Å²) >= 11 is 0. The normalized spacial score (nSPS) is 24.5. The lowest BCUT2D eigenvalue weighted by atomic mass is 10.1. The summed E-state index contributed by atoms with van der Waals surface area (Å²) in [5.41, 5.74) is 5.43. The zero-order valence-corrected chi connectivity index (χ0v) is 10.2. The van der Waals surface area contributed by atoms with Crippen molar-refractivity contribution in [2.45, 2.75) is 6.42 Å². The monoisotopic (exact) mass is 256 g/mol. The second kappa shape index (κ2) is 4.36. The van der Waals surface area contributed by atoms with Gasteiger partial charge in [-0.2, -0.15) is 0 Å². The minimum Gasteiger partial charge on any atom is -0.330 e. The average Bonchev–Trinajstić information content (AvgIpc) is 2.47. The Morgan fingerprint density at radius 3 is 2.33 bits per heavy atom. The molecule has 1 unspecified atom stereocenters. The maximum Gasteiger partial charge on any atom is 0.228 e. The second-order valence-corrected chi connectivity index (χ2v) is 8.38. The molecule has 0 radical (unpaired) electrons. The zero-order valence-electron chi connectivity index (χ0n) is 8.59. The predicted molar refractivity (Wildman–Crippen MR) is 57.4 cm³/mol. The zero-order chi connectivity index (χ0) is 11.7. The van der Waals surface area contributed by atoms with E-state index in [1.807, 2.05) is 0 Å². The molecule has 0 aromatic heterocycles. The highest BCUT2D eigenvalue weighted by Gasteiger charge is 2.32. The third-order valence-corrected chi connectivity index (χ3v) is 6.36. The van der Waals surface area contributed by atoms with Gasteiger partial charge in [-0.1, -0.05) is 0 Å². The molecule has 1 saturated heterocycles. The number of nitrogens with zero attached hydrogens (tertiary/aromatic N) is 1. The molecule has 0 bridgehead atoms. The third-order valence-electron chi connectivity index (χ3n) is 2.34. The molecule has 1 aliphatic rings. The third kappa shape index (κ3) is 3.71. The summed E-state index contributed by atoms with van der Waals surface area (Å²) in [6.45, 7) is 1.15. The lowest BCUT2D eigenvalue weighted by Gasteiger charge is -2.15. The molecular formula is C7H16N2O4S2. The van der Waals surface area contributed by atoms with Crippen LogP contribution in [0.2, 0.25) is 0 Å². The Morgan fingerprint density at radius 1 is 1.33 bits per heavy atom. The van der Waals surface area contributed by atoms with Crippen LogP contribution in [0.3, 0.4) is 0 Å². The Kier molecular flexibility index (Phi) is 3.75. The first-order valence-electron chi connectivity index (χ1n) is 4.60. The molecule has 8 heteroatoms. The number of nitrogens with two attached hydrogens (primary N) is 1. The van der Waals surface area contributed by atoms with Gasteiger partial charge < -0.3 is 5.73 Å². The molecule has 15 heavy (non-hydrogen) atoms. The molecular weight excluding hydrogens is 240 g/mol. The molecule has 1 heterocycles. The average molecular weight is 256 g/mol. The Hall–Kier alpha value is -0.180. The summed E-state index contributed by atoms with van der Waals surface area (Å²) in [6.07, 6.45) is 1.63. The number of rotatable bonds is 4. The largest absolute Gasteiger partial charge is 0.330 e. The number of sulfonamides is 1. The van der Waals surface area contributed by atoms with Gasteiger partial charge in [0.05, 0.1) is 0 Å². The van der Waals surface area contributed by atoms with Crippen molar-refractivity contribution in [3.8, 4) is 0 Å². The number of hydrogen-bond donors (Lipinski definition) is 1. The van der Waals surface area contributed by atoms with E-state index in [0.717, 1.165) is 6.26 Å². The molecule has 1 rings (SSSR count). The van der Waals surface area contributed by atoms with Crippen molar-refractivity contribution in [1.82, 2.24) is 4.31 Å². The van der Waals surface area contributed by atoms with Gasteiger partial charge in [0.25, 0.3) is 0 Å². The standard InChI is InChI=1S/C7H16N2O4S2/c1-14(10,11)6-15(12,13)9-3-2-7(4-8)5-9/h7H,2-6,8H2,1H3. The minimum absolute atomic E-state index is 0.152. The van der Waals surface area contributed by atoms with Crippen molar-refractivity contribution >= 4 is 19.9 Å². The van der Waals surface area contributed by atoms with Crippen LogP contribution in [0.5, 0.6) is 0 Å². The SMILES string of the molecule is CS(=O)(=O)CS(=O)(=O)N1CCC(CN)C1. The second-order valence-electron chi connectivity index (χ2n) is 3.90. The van der Waals surface area contributed by atoms with Gasteiger partial charge >= 0.3 is 0 Å². The van der Waals surface area contributed by atoms with E-state index in [1.165, 1.54) is 4.31 Å². The summed E-state index contributed by atoms with van der Waals surface area (Å²) in [7, 11) is -7.18. The highest BCUT2D eigenvalue weighted by atomic mass is 32.3.